The SMILES string of the molecule is COc1cccc(Oc2cc(C(C)(C)C)nc(SCc3ccc(F)cc3)n2)c1. The van der Waals surface area contributed by atoms with E-state index in [1.165, 1.54) is 23.9 Å². The first-order chi connectivity index (χ1) is 13.3. The second-order valence-electron chi connectivity index (χ2n) is 7.32. The Morgan fingerprint density at radius 2 is 1.68 bits per heavy atom. The normalized spacial score (nSPS) is 11.3. The third-order valence-electron chi connectivity index (χ3n) is 4.00. The molecule has 0 fully saturated rings. The summed E-state index contributed by atoms with van der Waals surface area (Å²) in [6.07, 6.45) is 0. The molecule has 2 aromatic carbocycles. The zero-order valence-corrected chi connectivity index (χ0v) is 17.2. The molecule has 0 N–H and O–H groups in total. The highest BCUT2D eigenvalue weighted by molar-refractivity contribution is 7.98. The molecule has 0 unspecified atom stereocenters. The Balaban J connectivity index is 1.84. The molecule has 3 aromatic rings. The van der Waals surface area contributed by atoms with E-state index in [9.17, 15) is 4.39 Å². The Hall–Kier alpha value is -2.60. The lowest BCUT2D eigenvalue weighted by Crippen LogP contribution is -2.14. The van der Waals surface area contributed by atoms with Gasteiger partial charge >= 0.3 is 0 Å². The van der Waals surface area contributed by atoms with Crippen molar-refractivity contribution in [2.24, 2.45) is 0 Å². The van der Waals surface area contributed by atoms with Crippen LogP contribution in [0.2, 0.25) is 0 Å². The number of aromatic nitrogens is 2. The van der Waals surface area contributed by atoms with Gasteiger partial charge in [-0.1, -0.05) is 50.7 Å². The topological polar surface area (TPSA) is 44.2 Å². The number of rotatable bonds is 6. The van der Waals surface area contributed by atoms with E-state index in [-0.39, 0.29) is 11.2 Å². The van der Waals surface area contributed by atoms with Crippen molar-refractivity contribution >= 4 is 11.8 Å². The van der Waals surface area contributed by atoms with Crippen molar-refractivity contribution in [1.29, 1.82) is 0 Å². The van der Waals surface area contributed by atoms with Gasteiger partial charge in [-0.2, -0.15) is 4.98 Å². The van der Waals surface area contributed by atoms with Crippen LogP contribution in [0.4, 0.5) is 4.39 Å². The number of benzene rings is 2. The Bertz CT molecular complexity index is 940. The molecule has 28 heavy (non-hydrogen) atoms. The Morgan fingerprint density at radius 1 is 0.964 bits per heavy atom. The maximum atomic E-state index is 13.1. The van der Waals surface area contributed by atoms with Crippen LogP contribution in [0.25, 0.3) is 0 Å². The van der Waals surface area contributed by atoms with E-state index in [4.69, 9.17) is 9.47 Å². The number of halogens is 1. The summed E-state index contributed by atoms with van der Waals surface area (Å²) in [5.74, 6) is 2.25. The Kier molecular flexibility index (Phi) is 6.19. The second kappa shape index (κ2) is 8.61. The highest BCUT2D eigenvalue weighted by atomic mass is 32.2. The van der Waals surface area contributed by atoms with Gasteiger partial charge in [-0.05, 0) is 29.8 Å². The van der Waals surface area contributed by atoms with Gasteiger partial charge in [0, 0.05) is 23.3 Å². The quantitative estimate of drug-likeness (QED) is 0.376. The zero-order valence-electron chi connectivity index (χ0n) is 16.4. The fraction of sp³-hybridized carbons (Fsp3) is 0.273. The fourth-order valence-electron chi connectivity index (χ4n) is 2.42. The number of thioether (sulfide) groups is 1. The standard InChI is InChI=1S/C22H23FN2O2S/c1-22(2,3)19-13-20(27-18-7-5-6-17(12-18)26-4)25-21(24-19)28-14-15-8-10-16(23)11-9-15/h5-13H,14H2,1-4H3. The van der Waals surface area contributed by atoms with Crippen molar-refractivity contribution in [1.82, 2.24) is 9.97 Å². The van der Waals surface area contributed by atoms with Crippen LogP contribution in [-0.4, -0.2) is 17.1 Å². The second-order valence-corrected chi connectivity index (χ2v) is 8.26. The average molecular weight is 399 g/mol. The van der Waals surface area contributed by atoms with Gasteiger partial charge in [0.25, 0.3) is 0 Å². The summed E-state index contributed by atoms with van der Waals surface area (Å²) in [5, 5.41) is 0.620. The molecule has 6 heteroatoms. The number of ether oxygens (including phenoxy) is 2. The lowest BCUT2D eigenvalue weighted by atomic mass is 9.92. The van der Waals surface area contributed by atoms with Gasteiger partial charge in [-0.3, -0.25) is 0 Å². The monoisotopic (exact) mass is 398 g/mol. The van der Waals surface area contributed by atoms with Crippen LogP contribution in [0, 0.1) is 5.82 Å². The minimum atomic E-state index is -0.242. The minimum Gasteiger partial charge on any atom is -0.497 e. The first-order valence-corrected chi connectivity index (χ1v) is 9.91. The third-order valence-corrected chi connectivity index (χ3v) is 4.91. The van der Waals surface area contributed by atoms with Crippen LogP contribution < -0.4 is 9.47 Å². The van der Waals surface area contributed by atoms with Crippen molar-refractivity contribution in [2.75, 3.05) is 7.11 Å². The van der Waals surface area contributed by atoms with Crippen LogP contribution >= 0.6 is 11.8 Å². The van der Waals surface area contributed by atoms with Crippen LogP contribution in [0.5, 0.6) is 17.4 Å². The molecular weight excluding hydrogens is 375 g/mol. The zero-order chi connectivity index (χ0) is 20.1. The summed E-state index contributed by atoms with van der Waals surface area (Å²) in [6.45, 7) is 6.29. The number of nitrogens with zero attached hydrogens (tertiary/aromatic N) is 2. The predicted octanol–water partition coefficient (Wildman–Crippen LogP) is 6.01. The smallest absolute Gasteiger partial charge is 0.223 e. The molecule has 0 atom stereocenters. The summed E-state index contributed by atoms with van der Waals surface area (Å²) >= 11 is 1.49. The van der Waals surface area contributed by atoms with Gasteiger partial charge in [0.2, 0.25) is 5.88 Å². The van der Waals surface area contributed by atoms with E-state index >= 15 is 0 Å². The maximum Gasteiger partial charge on any atom is 0.223 e. The summed E-state index contributed by atoms with van der Waals surface area (Å²) in [6, 6.07) is 15.7. The number of hydrogen-bond acceptors (Lipinski definition) is 5. The molecule has 0 amide bonds. The highest BCUT2D eigenvalue weighted by Crippen LogP contribution is 2.30. The van der Waals surface area contributed by atoms with Gasteiger partial charge in [-0.25, -0.2) is 9.37 Å². The van der Waals surface area contributed by atoms with E-state index in [1.54, 1.807) is 19.2 Å². The number of methoxy groups -OCH3 is 1. The molecule has 4 nitrogen and oxygen atoms in total. The lowest BCUT2D eigenvalue weighted by Gasteiger charge is -2.19. The summed E-state index contributed by atoms with van der Waals surface area (Å²) in [7, 11) is 1.62. The molecular formula is C22H23FN2O2S. The van der Waals surface area contributed by atoms with Crippen LogP contribution in [-0.2, 0) is 11.2 Å². The maximum absolute atomic E-state index is 13.1. The van der Waals surface area contributed by atoms with E-state index in [0.717, 1.165) is 11.3 Å². The highest BCUT2D eigenvalue weighted by Gasteiger charge is 2.19. The van der Waals surface area contributed by atoms with Gasteiger partial charge in [0.1, 0.15) is 17.3 Å². The molecule has 0 saturated carbocycles. The van der Waals surface area contributed by atoms with Crippen molar-refractivity contribution in [3.05, 3.63) is 71.7 Å². The Morgan fingerprint density at radius 3 is 2.36 bits per heavy atom. The molecule has 1 aromatic heterocycles. The van der Waals surface area contributed by atoms with E-state index < -0.39 is 0 Å². The molecule has 0 aliphatic heterocycles. The molecule has 0 aliphatic carbocycles. The average Bonchev–Trinajstić information content (AvgIpc) is 2.67. The lowest BCUT2D eigenvalue weighted by molar-refractivity contribution is 0.405. The number of hydrogen-bond donors (Lipinski definition) is 0. The van der Waals surface area contributed by atoms with Gasteiger partial charge in [0.05, 0.1) is 12.8 Å². The third kappa shape index (κ3) is 5.45. The largest absolute Gasteiger partial charge is 0.497 e. The molecule has 0 spiro atoms. The summed E-state index contributed by atoms with van der Waals surface area (Å²) in [4.78, 5) is 9.23. The van der Waals surface area contributed by atoms with Crippen molar-refractivity contribution in [3.8, 4) is 17.4 Å². The van der Waals surface area contributed by atoms with Gasteiger partial charge < -0.3 is 9.47 Å². The first kappa shape index (κ1) is 20.1. The van der Waals surface area contributed by atoms with Gasteiger partial charge in [-0.15, -0.1) is 0 Å². The van der Waals surface area contributed by atoms with Crippen LogP contribution in [0.15, 0.2) is 59.8 Å². The van der Waals surface area contributed by atoms with Crippen LogP contribution in [0.1, 0.15) is 32.0 Å². The predicted molar refractivity (Wildman–Crippen MR) is 110 cm³/mol. The van der Waals surface area contributed by atoms with Crippen molar-refractivity contribution < 1.29 is 13.9 Å². The summed E-state index contributed by atoms with van der Waals surface area (Å²) in [5.41, 5.74) is 1.74. The van der Waals surface area contributed by atoms with E-state index in [1.807, 2.05) is 30.3 Å². The van der Waals surface area contributed by atoms with Gasteiger partial charge in [0.15, 0.2) is 5.16 Å². The molecule has 1 heterocycles. The minimum absolute atomic E-state index is 0.152. The van der Waals surface area contributed by atoms with E-state index in [2.05, 4.69) is 30.7 Å². The summed E-state index contributed by atoms with van der Waals surface area (Å²) < 4.78 is 24.3. The van der Waals surface area contributed by atoms with Crippen LogP contribution in [0.3, 0.4) is 0 Å². The fourth-order valence-corrected chi connectivity index (χ4v) is 3.22. The molecule has 3 rings (SSSR count). The molecule has 0 radical (unpaired) electrons. The molecule has 0 saturated heterocycles. The first-order valence-electron chi connectivity index (χ1n) is 8.92. The molecule has 0 aliphatic rings. The van der Waals surface area contributed by atoms with Crippen molar-refractivity contribution in [3.63, 3.8) is 0 Å². The Labute approximate surface area is 169 Å². The molecule has 0 bridgehead atoms. The molecule has 146 valence electrons. The van der Waals surface area contributed by atoms with Crippen molar-refractivity contribution in [2.45, 2.75) is 37.1 Å². The van der Waals surface area contributed by atoms with E-state index in [0.29, 0.717) is 28.3 Å².